The summed E-state index contributed by atoms with van der Waals surface area (Å²) in [5, 5.41) is 9.00. The van der Waals surface area contributed by atoms with E-state index in [4.69, 9.17) is 9.84 Å². The average molecular weight is 561 g/mol. The van der Waals surface area contributed by atoms with Crippen LogP contribution in [0.2, 0.25) is 0 Å². The van der Waals surface area contributed by atoms with Gasteiger partial charge in [-0.2, -0.15) is 26.3 Å². The Kier molecular flexibility index (Phi) is 6.99. The minimum atomic E-state index is -4.83. The Morgan fingerprint density at radius 2 is 1.79 bits per heavy atom. The summed E-state index contributed by atoms with van der Waals surface area (Å²) in [6, 6.07) is 7.36. The zero-order chi connectivity index (χ0) is 27.9. The summed E-state index contributed by atoms with van der Waals surface area (Å²) in [7, 11) is -4.67. The fourth-order valence-corrected chi connectivity index (χ4v) is 5.27. The quantitative estimate of drug-likeness (QED) is 0.422. The van der Waals surface area contributed by atoms with Crippen molar-refractivity contribution in [2.45, 2.75) is 36.2 Å². The van der Waals surface area contributed by atoms with Crippen molar-refractivity contribution < 1.29 is 49.4 Å². The normalized spacial score (nSPS) is 16.1. The van der Waals surface area contributed by atoms with Gasteiger partial charge in [0.1, 0.15) is 17.5 Å². The molecule has 1 unspecified atom stereocenters. The third-order valence-corrected chi connectivity index (χ3v) is 7.30. The molecule has 15 heteroatoms. The van der Waals surface area contributed by atoms with Crippen LogP contribution in [0.15, 0.2) is 59.6 Å². The molecule has 38 heavy (non-hydrogen) atoms. The molecule has 1 aliphatic heterocycles. The number of nitrogens with zero attached hydrogens (tertiary/aromatic N) is 3. The first-order chi connectivity index (χ1) is 17.7. The molecule has 2 aromatic carbocycles. The van der Waals surface area contributed by atoms with Crippen LogP contribution in [0, 0.1) is 0 Å². The molecule has 8 nitrogen and oxygen atoms in total. The number of hydrogen-bond acceptors (Lipinski definition) is 6. The highest BCUT2D eigenvalue weighted by Crippen LogP contribution is 2.41. The van der Waals surface area contributed by atoms with E-state index in [1.807, 2.05) is 0 Å². The average Bonchev–Trinajstić information content (AvgIpc) is 2.85. The van der Waals surface area contributed by atoms with Crippen molar-refractivity contribution in [1.29, 1.82) is 0 Å². The van der Waals surface area contributed by atoms with Gasteiger partial charge >= 0.3 is 18.3 Å². The van der Waals surface area contributed by atoms with E-state index in [-0.39, 0.29) is 35.7 Å². The van der Waals surface area contributed by atoms with Crippen LogP contribution in [-0.4, -0.2) is 42.1 Å². The van der Waals surface area contributed by atoms with E-state index in [1.54, 1.807) is 0 Å². The number of aromatic nitrogens is 2. The van der Waals surface area contributed by atoms with Crippen LogP contribution in [0.1, 0.15) is 24.1 Å². The van der Waals surface area contributed by atoms with E-state index in [0.29, 0.717) is 18.2 Å². The van der Waals surface area contributed by atoms with Gasteiger partial charge in [0.2, 0.25) is 0 Å². The Morgan fingerprint density at radius 1 is 1.05 bits per heavy atom. The number of carbonyl (C=O) groups is 1. The monoisotopic (exact) mass is 561 g/mol. The molecule has 0 aliphatic carbocycles. The van der Waals surface area contributed by atoms with Crippen LogP contribution in [-0.2, 0) is 27.2 Å². The highest BCUT2D eigenvalue weighted by atomic mass is 32.2. The fourth-order valence-electron chi connectivity index (χ4n) is 3.73. The van der Waals surface area contributed by atoms with Crippen LogP contribution in [0.3, 0.4) is 0 Å². The second-order valence-corrected chi connectivity index (χ2v) is 10.0. The summed E-state index contributed by atoms with van der Waals surface area (Å²) in [5.41, 5.74) is -2.65. The maximum atomic E-state index is 13.6. The lowest BCUT2D eigenvalue weighted by atomic mass is 10.1. The Balaban J connectivity index is 1.82. The summed E-state index contributed by atoms with van der Waals surface area (Å²) < 4.78 is 113. The van der Waals surface area contributed by atoms with Crippen molar-refractivity contribution in [3.05, 3.63) is 66.0 Å². The Hall–Kier alpha value is -3.88. The number of sulfonamides is 1. The third kappa shape index (κ3) is 5.66. The molecule has 0 fully saturated rings. The molecule has 202 valence electrons. The van der Waals surface area contributed by atoms with Gasteiger partial charge in [0.25, 0.3) is 10.0 Å². The van der Waals surface area contributed by atoms with Crippen LogP contribution < -0.4 is 9.04 Å². The Bertz CT molecular complexity index is 1480. The summed E-state index contributed by atoms with van der Waals surface area (Å²) in [5.74, 6) is -1.63. The zero-order valence-electron chi connectivity index (χ0n) is 19.0. The zero-order valence-corrected chi connectivity index (χ0v) is 19.8. The molecule has 0 spiro atoms. The standard InChI is InChI=1S/C23H17F6N3O5S/c24-22(25,26)14-2-1-3-16(11-14)38(35,36)32-12-15(5-7-20(33)34)37-18-6-4-13(10-17(18)32)21-30-9-8-19(31-21)23(27,28)29/h1-4,6,8-11,15H,5,7,12H2,(H,33,34). The predicted molar refractivity (Wildman–Crippen MR) is 120 cm³/mol. The number of hydrogen-bond donors (Lipinski definition) is 1. The second kappa shape index (κ2) is 9.78. The van der Waals surface area contributed by atoms with Crippen molar-refractivity contribution >= 4 is 21.7 Å². The van der Waals surface area contributed by atoms with E-state index >= 15 is 0 Å². The van der Waals surface area contributed by atoms with Gasteiger partial charge in [-0.15, -0.1) is 0 Å². The molecule has 3 aromatic rings. The van der Waals surface area contributed by atoms with Crippen LogP contribution in [0.4, 0.5) is 32.0 Å². The second-order valence-electron chi connectivity index (χ2n) is 8.18. The number of carboxylic acid groups (broad SMARTS) is 1. The van der Waals surface area contributed by atoms with Crippen molar-refractivity contribution in [3.63, 3.8) is 0 Å². The molecular formula is C23H17F6N3O5S. The van der Waals surface area contributed by atoms with Crippen molar-refractivity contribution in [2.24, 2.45) is 0 Å². The molecule has 1 atom stereocenters. The summed E-state index contributed by atoms with van der Waals surface area (Å²) in [6.07, 6.45) is -10.2. The first-order valence-electron chi connectivity index (χ1n) is 10.8. The van der Waals surface area contributed by atoms with E-state index in [0.717, 1.165) is 28.7 Å². The summed E-state index contributed by atoms with van der Waals surface area (Å²) in [6.45, 7) is -0.467. The molecular weight excluding hydrogens is 544 g/mol. The number of alkyl halides is 6. The van der Waals surface area contributed by atoms with Crippen LogP contribution >= 0.6 is 0 Å². The Morgan fingerprint density at radius 3 is 2.45 bits per heavy atom. The van der Waals surface area contributed by atoms with Gasteiger partial charge < -0.3 is 9.84 Å². The van der Waals surface area contributed by atoms with Gasteiger partial charge in [-0.05, 0) is 48.9 Å². The van der Waals surface area contributed by atoms with Crippen LogP contribution in [0.25, 0.3) is 11.4 Å². The summed E-state index contributed by atoms with van der Waals surface area (Å²) >= 11 is 0. The molecule has 0 radical (unpaired) electrons. The topological polar surface area (TPSA) is 110 Å². The van der Waals surface area contributed by atoms with Gasteiger partial charge in [0, 0.05) is 18.2 Å². The number of aliphatic carboxylic acids is 1. The van der Waals surface area contributed by atoms with E-state index in [1.165, 1.54) is 12.1 Å². The van der Waals surface area contributed by atoms with E-state index in [9.17, 15) is 39.6 Å². The smallest absolute Gasteiger partial charge is 0.433 e. The molecule has 1 aliphatic rings. The summed E-state index contributed by atoms with van der Waals surface area (Å²) in [4.78, 5) is 17.6. The van der Waals surface area contributed by atoms with Crippen molar-refractivity contribution in [1.82, 2.24) is 9.97 Å². The number of benzene rings is 2. The third-order valence-electron chi connectivity index (χ3n) is 5.52. The number of anilines is 1. The van der Waals surface area contributed by atoms with Gasteiger partial charge in [-0.3, -0.25) is 9.10 Å². The highest BCUT2D eigenvalue weighted by molar-refractivity contribution is 7.92. The minimum Gasteiger partial charge on any atom is -0.486 e. The number of halogens is 6. The molecule has 4 rings (SSSR count). The number of carboxylic acids is 1. The van der Waals surface area contributed by atoms with Gasteiger partial charge in [-0.25, -0.2) is 18.4 Å². The maximum absolute atomic E-state index is 13.6. The predicted octanol–water partition coefficient (Wildman–Crippen LogP) is 5.00. The largest absolute Gasteiger partial charge is 0.486 e. The maximum Gasteiger partial charge on any atom is 0.433 e. The Labute approximate surface area is 211 Å². The van der Waals surface area contributed by atoms with Crippen molar-refractivity contribution in [3.8, 4) is 17.1 Å². The lowest BCUT2D eigenvalue weighted by molar-refractivity contribution is -0.141. The molecule has 2 heterocycles. The molecule has 0 saturated heterocycles. The fraction of sp³-hybridized carbons (Fsp3) is 0.261. The van der Waals surface area contributed by atoms with E-state index < -0.39 is 57.1 Å². The van der Waals surface area contributed by atoms with Gasteiger partial charge in [0.05, 0.1) is 22.7 Å². The molecule has 1 N–H and O–H groups in total. The minimum absolute atomic E-state index is 0.0216. The number of ether oxygens (including phenoxy) is 1. The number of rotatable bonds is 6. The lowest BCUT2D eigenvalue weighted by Crippen LogP contribution is -2.43. The van der Waals surface area contributed by atoms with Gasteiger partial charge in [0.15, 0.2) is 5.82 Å². The molecule has 0 amide bonds. The first kappa shape index (κ1) is 27.2. The first-order valence-corrected chi connectivity index (χ1v) is 12.2. The number of fused-ring (bicyclic) bond motifs is 1. The lowest BCUT2D eigenvalue weighted by Gasteiger charge is -2.35. The molecule has 0 saturated carbocycles. The van der Waals surface area contributed by atoms with Crippen LogP contribution in [0.5, 0.6) is 5.75 Å². The molecule has 0 bridgehead atoms. The van der Waals surface area contributed by atoms with Gasteiger partial charge in [-0.1, -0.05) is 6.07 Å². The van der Waals surface area contributed by atoms with Crippen molar-refractivity contribution in [2.75, 3.05) is 10.8 Å². The van der Waals surface area contributed by atoms with E-state index in [2.05, 4.69) is 9.97 Å². The SMILES string of the molecule is O=C(O)CCC1CN(S(=O)(=O)c2cccc(C(F)(F)F)c2)c2cc(-c3nccc(C(F)(F)F)n3)ccc2O1. The molecule has 1 aromatic heterocycles. The highest BCUT2D eigenvalue weighted by Gasteiger charge is 2.38.